The van der Waals surface area contributed by atoms with Crippen molar-refractivity contribution in [2.45, 2.75) is 22.3 Å². The van der Waals surface area contributed by atoms with Gasteiger partial charge in [0.15, 0.2) is 9.84 Å². The van der Waals surface area contributed by atoms with E-state index in [0.717, 1.165) is 22.5 Å². The molecule has 0 radical (unpaired) electrons. The highest BCUT2D eigenvalue weighted by atomic mass is 32.2. The summed E-state index contributed by atoms with van der Waals surface area (Å²) in [4.78, 5) is 0.139. The summed E-state index contributed by atoms with van der Waals surface area (Å²) >= 11 is 0. The average Bonchev–Trinajstić information content (AvgIpc) is 3.11. The zero-order valence-corrected chi connectivity index (χ0v) is 15.3. The summed E-state index contributed by atoms with van der Waals surface area (Å²) in [5, 5.41) is -0.864. The fourth-order valence-corrected chi connectivity index (χ4v) is 6.34. The van der Waals surface area contributed by atoms with Crippen LogP contribution in [0.3, 0.4) is 0 Å². The van der Waals surface area contributed by atoms with Gasteiger partial charge in [-0.2, -0.15) is 0 Å². The fraction of sp³-hybridized carbons (Fsp3) is 0.294. The van der Waals surface area contributed by atoms with Crippen molar-refractivity contribution >= 4 is 19.9 Å². The zero-order valence-electron chi connectivity index (χ0n) is 13.7. The molecule has 5 nitrogen and oxygen atoms in total. The molecule has 0 amide bonds. The maximum absolute atomic E-state index is 13.7. The number of nitrogens with zero attached hydrogens (tertiary/aromatic N) is 1. The summed E-state index contributed by atoms with van der Waals surface area (Å²) in [5.74, 6) is -2.26. The first-order valence-corrected chi connectivity index (χ1v) is 11.1. The molecule has 1 aliphatic rings. The van der Waals surface area contributed by atoms with Crippen molar-refractivity contribution in [3.8, 4) is 0 Å². The van der Waals surface area contributed by atoms with Gasteiger partial charge in [0, 0.05) is 18.7 Å². The van der Waals surface area contributed by atoms with E-state index in [1.807, 2.05) is 0 Å². The Kier molecular flexibility index (Phi) is 5.14. The number of hydrogen-bond acceptors (Lipinski definition) is 4. The molecule has 1 fully saturated rings. The van der Waals surface area contributed by atoms with E-state index in [1.54, 1.807) is 18.2 Å². The first kappa shape index (κ1) is 18.9. The van der Waals surface area contributed by atoms with Crippen molar-refractivity contribution in [2.75, 3.05) is 13.1 Å². The molecule has 0 aromatic heterocycles. The second-order valence-electron chi connectivity index (χ2n) is 6.12. The van der Waals surface area contributed by atoms with Gasteiger partial charge in [-0.15, -0.1) is 0 Å². The van der Waals surface area contributed by atoms with Crippen molar-refractivity contribution in [1.29, 1.82) is 0 Å². The monoisotopic (exact) mass is 401 g/mol. The minimum absolute atomic E-state index is 0.0238. The fourth-order valence-electron chi connectivity index (χ4n) is 2.95. The molecule has 1 unspecified atom stereocenters. The van der Waals surface area contributed by atoms with E-state index in [4.69, 9.17) is 0 Å². The molecular formula is C17H17F2NO4S2. The van der Waals surface area contributed by atoms with Crippen molar-refractivity contribution in [3.63, 3.8) is 0 Å². The van der Waals surface area contributed by atoms with Crippen LogP contribution in [0.1, 0.15) is 12.0 Å². The summed E-state index contributed by atoms with van der Waals surface area (Å²) in [6, 6.07) is 10.4. The molecule has 0 bridgehead atoms. The van der Waals surface area contributed by atoms with Crippen molar-refractivity contribution in [1.82, 2.24) is 4.31 Å². The molecule has 140 valence electrons. The van der Waals surface area contributed by atoms with Gasteiger partial charge < -0.3 is 0 Å². The Bertz CT molecular complexity index is 1010. The van der Waals surface area contributed by atoms with E-state index in [1.165, 1.54) is 12.1 Å². The highest BCUT2D eigenvalue weighted by Gasteiger charge is 2.39. The summed E-state index contributed by atoms with van der Waals surface area (Å²) < 4.78 is 78.3. The lowest BCUT2D eigenvalue weighted by molar-refractivity contribution is 0.474. The second kappa shape index (κ2) is 7.05. The van der Waals surface area contributed by atoms with Crippen LogP contribution in [-0.2, 0) is 25.6 Å². The van der Waals surface area contributed by atoms with Gasteiger partial charge in [0.1, 0.15) is 11.6 Å². The summed E-state index contributed by atoms with van der Waals surface area (Å²) in [6.45, 7) is -0.174. The third-order valence-corrected chi connectivity index (χ3v) is 8.34. The number of sulfone groups is 1. The molecule has 0 saturated carbocycles. The molecule has 9 heteroatoms. The van der Waals surface area contributed by atoms with Crippen LogP contribution >= 0.6 is 0 Å². The summed E-state index contributed by atoms with van der Waals surface area (Å²) in [5.41, 5.74) is -0.278. The van der Waals surface area contributed by atoms with E-state index < -0.39 is 42.5 Å². The van der Waals surface area contributed by atoms with Gasteiger partial charge in [-0.25, -0.2) is 29.9 Å². The maximum Gasteiger partial charge on any atom is 0.218 e. The Morgan fingerprint density at radius 1 is 1.00 bits per heavy atom. The number of sulfonamides is 1. The van der Waals surface area contributed by atoms with Gasteiger partial charge >= 0.3 is 0 Å². The molecule has 3 rings (SSSR count). The Morgan fingerprint density at radius 3 is 2.38 bits per heavy atom. The molecule has 1 heterocycles. The van der Waals surface area contributed by atoms with E-state index in [2.05, 4.69) is 0 Å². The maximum atomic E-state index is 13.7. The van der Waals surface area contributed by atoms with Crippen LogP contribution in [0, 0.1) is 11.6 Å². The molecule has 2 aromatic rings. The molecule has 0 aliphatic carbocycles. The molecule has 2 aromatic carbocycles. The number of benzene rings is 2. The third kappa shape index (κ3) is 3.79. The molecule has 1 saturated heterocycles. The van der Waals surface area contributed by atoms with Crippen LogP contribution < -0.4 is 0 Å². The number of halogens is 2. The van der Waals surface area contributed by atoms with E-state index in [-0.39, 0.29) is 30.0 Å². The molecule has 0 N–H and O–H groups in total. The smallest absolute Gasteiger partial charge is 0.218 e. The van der Waals surface area contributed by atoms with Gasteiger partial charge in [-0.05, 0) is 36.8 Å². The van der Waals surface area contributed by atoms with E-state index in [0.29, 0.717) is 0 Å². The number of rotatable bonds is 5. The van der Waals surface area contributed by atoms with Crippen molar-refractivity contribution in [3.05, 3.63) is 65.7 Å². The molecule has 1 atom stereocenters. The minimum Gasteiger partial charge on any atom is -0.223 e. The van der Waals surface area contributed by atoms with Crippen LogP contribution in [-0.4, -0.2) is 39.5 Å². The minimum atomic E-state index is -3.97. The van der Waals surface area contributed by atoms with Crippen LogP contribution in [0.2, 0.25) is 0 Å². The standard InChI is InChI=1S/C17H17F2NO4S2/c18-14-6-7-17(19)13(10-14)12-25(21,22)20-9-8-16(11-20)26(23,24)15-4-2-1-3-5-15/h1-7,10,16H,8-9,11-12H2. The Hall–Kier alpha value is -1.84. The SMILES string of the molecule is O=S(=O)(c1ccccc1)C1CCN(S(=O)(=O)Cc2cc(F)ccc2F)C1. The summed E-state index contributed by atoms with van der Waals surface area (Å²) in [7, 11) is -7.63. The normalized spacial score (nSPS) is 18.9. The topological polar surface area (TPSA) is 71.5 Å². The van der Waals surface area contributed by atoms with Gasteiger partial charge in [-0.3, -0.25) is 0 Å². The molecule has 1 aliphatic heterocycles. The largest absolute Gasteiger partial charge is 0.223 e. The van der Waals surface area contributed by atoms with Crippen LogP contribution in [0.15, 0.2) is 53.4 Å². The van der Waals surface area contributed by atoms with Crippen molar-refractivity contribution < 1.29 is 25.6 Å². The van der Waals surface area contributed by atoms with Crippen molar-refractivity contribution in [2.24, 2.45) is 0 Å². The van der Waals surface area contributed by atoms with Crippen LogP contribution in [0.5, 0.6) is 0 Å². The average molecular weight is 401 g/mol. The second-order valence-corrected chi connectivity index (χ2v) is 10.3. The first-order valence-electron chi connectivity index (χ1n) is 7.91. The highest BCUT2D eigenvalue weighted by Crippen LogP contribution is 2.27. The van der Waals surface area contributed by atoms with Crippen LogP contribution in [0.4, 0.5) is 8.78 Å². The molecule has 26 heavy (non-hydrogen) atoms. The van der Waals surface area contributed by atoms with Gasteiger partial charge in [0.25, 0.3) is 0 Å². The Morgan fingerprint density at radius 2 is 1.69 bits per heavy atom. The predicted octanol–water partition coefficient (Wildman–Crippen LogP) is 2.34. The molecular weight excluding hydrogens is 384 g/mol. The zero-order chi connectivity index (χ0) is 18.9. The Balaban J connectivity index is 1.78. The van der Waals surface area contributed by atoms with Crippen LogP contribution in [0.25, 0.3) is 0 Å². The predicted molar refractivity (Wildman–Crippen MR) is 92.6 cm³/mol. The van der Waals surface area contributed by atoms with E-state index >= 15 is 0 Å². The number of hydrogen-bond donors (Lipinski definition) is 0. The highest BCUT2D eigenvalue weighted by molar-refractivity contribution is 7.92. The summed E-state index contributed by atoms with van der Waals surface area (Å²) in [6.07, 6.45) is 0.155. The van der Waals surface area contributed by atoms with E-state index in [9.17, 15) is 25.6 Å². The lowest BCUT2D eigenvalue weighted by Crippen LogP contribution is -2.33. The first-order chi connectivity index (χ1) is 12.2. The van der Waals surface area contributed by atoms with Gasteiger partial charge in [0.05, 0.1) is 15.9 Å². The lowest BCUT2D eigenvalue weighted by atomic mass is 10.2. The quantitative estimate of drug-likeness (QED) is 0.771. The van der Waals surface area contributed by atoms with Gasteiger partial charge in [-0.1, -0.05) is 18.2 Å². The molecule has 0 spiro atoms. The third-order valence-electron chi connectivity index (χ3n) is 4.36. The lowest BCUT2D eigenvalue weighted by Gasteiger charge is -2.17. The van der Waals surface area contributed by atoms with Gasteiger partial charge in [0.2, 0.25) is 10.0 Å². The Labute approximate surface area is 151 Å².